The maximum Gasteiger partial charge on any atom is 0.255 e. The van der Waals surface area contributed by atoms with Crippen molar-refractivity contribution in [2.45, 2.75) is 6.54 Å². The lowest BCUT2D eigenvalue weighted by Crippen LogP contribution is -2.26. The molecule has 0 radical (unpaired) electrons. The molecule has 4 nitrogen and oxygen atoms in total. The summed E-state index contributed by atoms with van der Waals surface area (Å²) in [5.41, 5.74) is 7.25. The van der Waals surface area contributed by atoms with Gasteiger partial charge in [0, 0.05) is 24.8 Å². The van der Waals surface area contributed by atoms with Crippen LogP contribution >= 0.6 is 23.2 Å². The molecule has 1 heterocycles. The zero-order chi connectivity index (χ0) is 14.0. The van der Waals surface area contributed by atoms with Crippen LogP contribution in [0, 0.1) is 0 Å². The first-order chi connectivity index (χ1) is 8.99. The Labute approximate surface area is 120 Å². The summed E-state index contributed by atoms with van der Waals surface area (Å²) in [5, 5.41) is 0.474. The third kappa shape index (κ3) is 3.03. The van der Waals surface area contributed by atoms with E-state index in [0.717, 1.165) is 5.56 Å². The average Bonchev–Trinajstić information content (AvgIpc) is 2.85. The van der Waals surface area contributed by atoms with Gasteiger partial charge in [-0.2, -0.15) is 0 Å². The smallest absolute Gasteiger partial charge is 0.255 e. The number of nitrogens with two attached hydrogens (primary N) is 1. The third-order valence-corrected chi connectivity index (χ3v) is 3.43. The molecule has 0 fully saturated rings. The molecule has 2 aromatic rings. The highest BCUT2D eigenvalue weighted by Crippen LogP contribution is 2.29. The van der Waals surface area contributed by atoms with Gasteiger partial charge in [0.25, 0.3) is 5.91 Å². The Kier molecular flexibility index (Phi) is 4.02. The summed E-state index contributed by atoms with van der Waals surface area (Å²) in [4.78, 5) is 13.8. The van der Waals surface area contributed by atoms with Gasteiger partial charge in [0.2, 0.25) is 0 Å². The Morgan fingerprint density at radius 3 is 2.79 bits per heavy atom. The number of carbonyl (C=O) groups is 1. The van der Waals surface area contributed by atoms with Crippen LogP contribution in [0.1, 0.15) is 15.9 Å². The minimum absolute atomic E-state index is 0.208. The minimum Gasteiger partial charge on any atom is -0.472 e. The van der Waals surface area contributed by atoms with E-state index < -0.39 is 0 Å². The van der Waals surface area contributed by atoms with Crippen LogP contribution in [0.5, 0.6) is 0 Å². The van der Waals surface area contributed by atoms with Gasteiger partial charge in [-0.05, 0) is 18.2 Å². The molecule has 0 aliphatic carbocycles. The lowest BCUT2D eigenvalue weighted by atomic mass is 10.1. The van der Waals surface area contributed by atoms with Crippen molar-refractivity contribution in [2.75, 3.05) is 12.8 Å². The van der Waals surface area contributed by atoms with Crippen LogP contribution in [0.4, 0.5) is 5.69 Å². The largest absolute Gasteiger partial charge is 0.472 e. The molecule has 1 amide bonds. The highest BCUT2D eigenvalue weighted by molar-refractivity contribution is 6.44. The van der Waals surface area contributed by atoms with Crippen LogP contribution in [0.3, 0.4) is 0 Å². The van der Waals surface area contributed by atoms with Gasteiger partial charge in [0.15, 0.2) is 0 Å². The number of anilines is 1. The van der Waals surface area contributed by atoms with Crippen LogP contribution in [0.25, 0.3) is 0 Å². The second kappa shape index (κ2) is 5.55. The lowest BCUT2D eigenvalue weighted by molar-refractivity contribution is 0.0785. The van der Waals surface area contributed by atoms with Crippen LogP contribution in [-0.2, 0) is 6.54 Å². The number of halogens is 2. The Morgan fingerprint density at radius 1 is 1.42 bits per heavy atom. The van der Waals surface area contributed by atoms with E-state index >= 15 is 0 Å². The predicted molar refractivity (Wildman–Crippen MR) is 75.4 cm³/mol. The standard InChI is InChI=1S/C13H12Cl2N2O2/c1-17(6-8-2-3-19-7-8)13(18)10-4-9(16)5-11(14)12(10)15/h2-5,7H,6,16H2,1H3. The zero-order valence-corrected chi connectivity index (χ0v) is 11.7. The molecule has 100 valence electrons. The summed E-state index contributed by atoms with van der Waals surface area (Å²) in [6.07, 6.45) is 3.13. The van der Waals surface area contributed by atoms with Crippen LogP contribution in [0.2, 0.25) is 10.0 Å². The molecule has 0 saturated heterocycles. The molecule has 0 atom stereocenters. The fourth-order valence-electron chi connectivity index (χ4n) is 1.70. The number of benzene rings is 1. The molecular weight excluding hydrogens is 287 g/mol. The van der Waals surface area contributed by atoms with E-state index in [-0.39, 0.29) is 21.5 Å². The molecule has 0 unspecified atom stereocenters. The number of nitrogens with zero attached hydrogens (tertiary/aromatic N) is 1. The Balaban J connectivity index is 2.24. The van der Waals surface area contributed by atoms with Crippen LogP contribution in [-0.4, -0.2) is 17.9 Å². The van der Waals surface area contributed by atoms with Crippen molar-refractivity contribution >= 4 is 34.8 Å². The summed E-state index contributed by atoms with van der Waals surface area (Å²) in [7, 11) is 1.67. The Hall–Kier alpha value is -1.65. The minimum atomic E-state index is -0.250. The van der Waals surface area contributed by atoms with E-state index in [1.165, 1.54) is 17.0 Å². The molecule has 2 rings (SSSR count). The highest BCUT2D eigenvalue weighted by atomic mass is 35.5. The van der Waals surface area contributed by atoms with E-state index in [4.69, 9.17) is 33.4 Å². The topological polar surface area (TPSA) is 59.5 Å². The fraction of sp³-hybridized carbons (Fsp3) is 0.154. The van der Waals surface area contributed by atoms with Crippen LogP contribution < -0.4 is 5.73 Å². The first-order valence-electron chi connectivity index (χ1n) is 5.50. The van der Waals surface area contributed by atoms with Crippen LogP contribution in [0.15, 0.2) is 35.1 Å². The third-order valence-electron chi connectivity index (χ3n) is 2.63. The van der Waals surface area contributed by atoms with E-state index in [1.54, 1.807) is 25.6 Å². The summed E-state index contributed by atoms with van der Waals surface area (Å²) in [6.45, 7) is 0.415. The second-order valence-electron chi connectivity index (χ2n) is 4.16. The van der Waals surface area contributed by atoms with Crippen molar-refractivity contribution < 1.29 is 9.21 Å². The van der Waals surface area contributed by atoms with Gasteiger partial charge in [-0.3, -0.25) is 4.79 Å². The quantitative estimate of drug-likeness (QED) is 0.883. The molecular formula is C13H12Cl2N2O2. The molecule has 0 spiro atoms. The summed E-state index contributed by atoms with van der Waals surface area (Å²) >= 11 is 11.9. The zero-order valence-electron chi connectivity index (χ0n) is 10.2. The van der Waals surface area contributed by atoms with Gasteiger partial charge >= 0.3 is 0 Å². The molecule has 6 heteroatoms. The molecule has 0 bridgehead atoms. The van der Waals surface area contributed by atoms with Gasteiger partial charge in [-0.1, -0.05) is 23.2 Å². The van der Waals surface area contributed by atoms with Gasteiger partial charge < -0.3 is 15.1 Å². The monoisotopic (exact) mass is 298 g/mol. The molecule has 2 N–H and O–H groups in total. The van der Waals surface area contributed by atoms with Gasteiger partial charge in [-0.15, -0.1) is 0 Å². The van der Waals surface area contributed by atoms with Crippen molar-refractivity contribution in [1.29, 1.82) is 0 Å². The predicted octanol–water partition coefficient (Wildman–Crippen LogP) is 3.44. The van der Waals surface area contributed by atoms with Gasteiger partial charge in [0.05, 0.1) is 28.1 Å². The summed E-state index contributed by atoms with van der Waals surface area (Å²) in [5.74, 6) is -0.250. The van der Waals surface area contributed by atoms with Gasteiger partial charge in [-0.25, -0.2) is 0 Å². The Bertz CT molecular complexity index is 597. The average molecular weight is 299 g/mol. The molecule has 1 aromatic carbocycles. The van der Waals surface area contributed by atoms with Crippen molar-refractivity contribution in [1.82, 2.24) is 4.90 Å². The number of nitrogen functional groups attached to an aromatic ring is 1. The molecule has 1 aromatic heterocycles. The van der Waals surface area contributed by atoms with Crippen molar-refractivity contribution in [3.8, 4) is 0 Å². The highest BCUT2D eigenvalue weighted by Gasteiger charge is 2.18. The molecule has 0 saturated carbocycles. The van der Waals surface area contributed by atoms with E-state index in [1.807, 2.05) is 0 Å². The fourth-order valence-corrected chi connectivity index (χ4v) is 2.12. The summed E-state index contributed by atoms with van der Waals surface area (Å²) in [6, 6.07) is 4.82. The number of carbonyl (C=O) groups excluding carboxylic acids is 1. The van der Waals surface area contributed by atoms with Gasteiger partial charge in [0.1, 0.15) is 0 Å². The first kappa shape index (κ1) is 13.8. The lowest BCUT2D eigenvalue weighted by Gasteiger charge is -2.17. The SMILES string of the molecule is CN(Cc1ccoc1)C(=O)c1cc(N)cc(Cl)c1Cl. The second-order valence-corrected chi connectivity index (χ2v) is 4.94. The number of furan rings is 1. The van der Waals surface area contributed by atoms with Crippen molar-refractivity contribution in [3.05, 3.63) is 51.9 Å². The van der Waals surface area contributed by atoms with Crippen molar-refractivity contribution in [3.63, 3.8) is 0 Å². The molecule has 0 aliphatic rings. The van der Waals surface area contributed by atoms with Crippen molar-refractivity contribution in [2.24, 2.45) is 0 Å². The first-order valence-corrected chi connectivity index (χ1v) is 6.25. The number of amides is 1. The Morgan fingerprint density at radius 2 is 2.16 bits per heavy atom. The number of hydrogen-bond donors (Lipinski definition) is 1. The maximum atomic E-state index is 12.3. The normalized spacial score (nSPS) is 10.5. The van der Waals surface area contributed by atoms with E-state index in [9.17, 15) is 4.79 Å². The molecule has 0 aliphatic heterocycles. The van der Waals surface area contributed by atoms with E-state index in [2.05, 4.69) is 0 Å². The number of rotatable bonds is 3. The summed E-state index contributed by atoms with van der Waals surface area (Å²) < 4.78 is 4.96. The molecule has 19 heavy (non-hydrogen) atoms. The maximum absolute atomic E-state index is 12.3. The number of hydrogen-bond acceptors (Lipinski definition) is 3. The van der Waals surface area contributed by atoms with E-state index in [0.29, 0.717) is 12.2 Å².